The van der Waals surface area contributed by atoms with Crippen molar-refractivity contribution in [2.24, 2.45) is 0 Å². The van der Waals surface area contributed by atoms with E-state index < -0.39 is 16.7 Å². The molecule has 2 aromatic carbocycles. The molecule has 0 heterocycles. The first-order valence-electron chi connectivity index (χ1n) is 8.65. The summed E-state index contributed by atoms with van der Waals surface area (Å²) in [6, 6.07) is 8.63. The van der Waals surface area contributed by atoms with Crippen LogP contribution in [-0.2, 0) is 0 Å². The highest BCUT2D eigenvalue weighted by Gasteiger charge is 2.19. The van der Waals surface area contributed by atoms with Gasteiger partial charge in [0.2, 0.25) is 0 Å². The van der Waals surface area contributed by atoms with Gasteiger partial charge in [0, 0.05) is 31.3 Å². The molecular weight excluding hydrogens is 380 g/mol. The van der Waals surface area contributed by atoms with Crippen molar-refractivity contribution in [1.29, 1.82) is 0 Å². The van der Waals surface area contributed by atoms with Crippen LogP contribution in [0.2, 0.25) is 0 Å². The van der Waals surface area contributed by atoms with E-state index in [-0.39, 0.29) is 16.8 Å². The van der Waals surface area contributed by atoms with Crippen LogP contribution < -0.4 is 25.2 Å². The molecule has 0 fully saturated rings. The minimum Gasteiger partial charge on any atom is -0.493 e. The maximum absolute atomic E-state index is 12.3. The molecule has 0 aliphatic carbocycles. The number of hydrogen-bond acceptors (Lipinski definition) is 7. The fourth-order valence-corrected chi connectivity index (χ4v) is 2.53. The van der Waals surface area contributed by atoms with Gasteiger partial charge in [0.15, 0.2) is 11.5 Å². The third-order valence-electron chi connectivity index (χ3n) is 3.93. The first-order chi connectivity index (χ1) is 13.8. The number of nitrogens with one attached hydrogen (secondary N) is 2. The summed E-state index contributed by atoms with van der Waals surface area (Å²) in [6.45, 7) is 2.27. The van der Waals surface area contributed by atoms with E-state index in [1.54, 1.807) is 25.1 Å². The van der Waals surface area contributed by atoms with Gasteiger partial charge < -0.3 is 14.4 Å². The van der Waals surface area contributed by atoms with E-state index in [0.717, 1.165) is 6.07 Å². The second kappa shape index (κ2) is 9.40. The molecule has 0 aliphatic rings. The number of hydrazine groups is 1. The highest BCUT2D eigenvalue weighted by molar-refractivity contribution is 6.00. The average molecular weight is 402 g/mol. The Morgan fingerprint density at radius 3 is 2.14 bits per heavy atom. The predicted molar refractivity (Wildman–Crippen MR) is 107 cm³/mol. The Balaban J connectivity index is 2.11. The summed E-state index contributed by atoms with van der Waals surface area (Å²) >= 11 is 0. The predicted octanol–water partition coefficient (Wildman–Crippen LogP) is 2.14. The summed E-state index contributed by atoms with van der Waals surface area (Å²) < 4.78 is 10.6. The molecule has 0 bridgehead atoms. The second-order valence-corrected chi connectivity index (χ2v) is 6.06. The van der Waals surface area contributed by atoms with Gasteiger partial charge in [-0.3, -0.25) is 30.6 Å². The largest absolute Gasteiger partial charge is 0.493 e. The van der Waals surface area contributed by atoms with Gasteiger partial charge in [0.05, 0.1) is 18.6 Å². The molecule has 0 unspecified atom stereocenters. The Morgan fingerprint density at radius 2 is 1.62 bits per heavy atom. The number of amides is 2. The first-order valence-corrected chi connectivity index (χ1v) is 8.65. The van der Waals surface area contributed by atoms with Crippen molar-refractivity contribution in [2.45, 2.75) is 6.92 Å². The normalized spacial score (nSPS) is 10.1. The van der Waals surface area contributed by atoms with Gasteiger partial charge in [0.1, 0.15) is 5.69 Å². The number of nitro groups is 1. The van der Waals surface area contributed by atoms with Gasteiger partial charge in [-0.25, -0.2) is 0 Å². The van der Waals surface area contributed by atoms with E-state index in [9.17, 15) is 19.7 Å². The zero-order valence-electron chi connectivity index (χ0n) is 16.5. The van der Waals surface area contributed by atoms with E-state index in [1.807, 2.05) is 6.92 Å². The van der Waals surface area contributed by atoms with Gasteiger partial charge in [-0.05, 0) is 37.3 Å². The lowest BCUT2D eigenvalue weighted by molar-refractivity contribution is -0.384. The molecule has 154 valence electrons. The highest BCUT2D eigenvalue weighted by atomic mass is 16.6. The third-order valence-corrected chi connectivity index (χ3v) is 3.93. The number of nitro benzene ring substituents is 1. The monoisotopic (exact) mass is 402 g/mol. The van der Waals surface area contributed by atoms with Crippen LogP contribution in [0, 0.1) is 10.1 Å². The number of benzene rings is 2. The Bertz CT molecular complexity index is 929. The van der Waals surface area contributed by atoms with E-state index in [4.69, 9.17) is 9.47 Å². The molecule has 0 saturated heterocycles. The zero-order chi connectivity index (χ0) is 21.6. The summed E-state index contributed by atoms with van der Waals surface area (Å²) in [5.74, 6) is -0.409. The fourth-order valence-electron chi connectivity index (χ4n) is 2.53. The standard InChI is InChI=1S/C19H22N4O6/c1-5-29-16-9-7-13(11-17(16)28-4)19(25)21-20-18(24)12-6-8-14(22(2)3)15(10-12)23(26)27/h6-11H,5H2,1-4H3,(H,20,24)(H,21,25). The molecule has 2 aromatic rings. The lowest BCUT2D eigenvalue weighted by Crippen LogP contribution is -2.41. The minimum absolute atomic E-state index is 0.0341. The molecule has 2 N–H and O–H groups in total. The molecule has 2 amide bonds. The smallest absolute Gasteiger partial charge is 0.293 e. The van der Waals surface area contributed by atoms with Crippen LogP contribution in [0.3, 0.4) is 0 Å². The SMILES string of the molecule is CCOc1ccc(C(=O)NNC(=O)c2ccc(N(C)C)c([N+](=O)[O-])c2)cc1OC. The quantitative estimate of drug-likeness (QED) is 0.537. The molecule has 2 rings (SSSR count). The molecule has 0 saturated carbocycles. The molecule has 10 nitrogen and oxygen atoms in total. The lowest BCUT2D eigenvalue weighted by atomic mass is 10.1. The lowest BCUT2D eigenvalue weighted by Gasteiger charge is -2.14. The van der Waals surface area contributed by atoms with Crippen molar-refractivity contribution in [3.8, 4) is 11.5 Å². The van der Waals surface area contributed by atoms with Crippen LogP contribution in [0.5, 0.6) is 11.5 Å². The number of nitrogens with zero attached hydrogens (tertiary/aromatic N) is 2. The molecule has 0 aliphatic heterocycles. The zero-order valence-corrected chi connectivity index (χ0v) is 16.5. The fraction of sp³-hybridized carbons (Fsp3) is 0.263. The number of hydrogen-bond donors (Lipinski definition) is 2. The van der Waals surface area contributed by atoms with Crippen LogP contribution in [0.4, 0.5) is 11.4 Å². The first kappa shape index (κ1) is 21.5. The van der Waals surface area contributed by atoms with Crippen molar-refractivity contribution >= 4 is 23.2 Å². The van der Waals surface area contributed by atoms with Crippen molar-refractivity contribution in [3.63, 3.8) is 0 Å². The Labute approximate surface area is 167 Å². The van der Waals surface area contributed by atoms with Crippen LogP contribution in [-0.4, -0.2) is 44.5 Å². The Morgan fingerprint density at radius 1 is 1.03 bits per heavy atom. The number of anilines is 1. The highest BCUT2D eigenvalue weighted by Crippen LogP contribution is 2.28. The third kappa shape index (κ3) is 5.12. The van der Waals surface area contributed by atoms with E-state index in [1.165, 1.54) is 31.4 Å². The van der Waals surface area contributed by atoms with E-state index in [2.05, 4.69) is 10.9 Å². The summed E-state index contributed by atoms with van der Waals surface area (Å²) in [5, 5.41) is 11.2. The molecule has 29 heavy (non-hydrogen) atoms. The maximum Gasteiger partial charge on any atom is 0.293 e. The summed E-state index contributed by atoms with van der Waals surface area (Å²) in [6.07, 6.45) is 0. The molecule has 0 spiro atoms. The Kier molecular flexibility index (Phi) is 6.96. The van der Waals surface area contributed by atoms with E-state index in [0.29, 0.717) is 23.8 Å². The van der Waals surface area contributed by atoms with Crippen LogP contribution in [0.15, 0.2) is 36.4 Å². The van der Waals surface area contributed by atoms with Gasteiger partial charge in [-0.2, -0.15) is 0 Å². The average Bonchev–Trinajstić information content (AvgIpc) is 2.71. The maximum atomic E-state index is 12.3. The van der Waals surface area contributed by atoms with Crippen molar-refractivity contribution < 1.29 is 24.0 Å². The van der Waals surface area contributed by atoms with Crippen molar-refractivity contribution in [2.75, 3.05) is 32.7 Å². The molecule has 0 aromatic heterocycles. The summed E-state index contributed by atoms with van der Waals surface area (Å²) in [5.41, 5.74) is 4.92. The van der Waals surface area contributed by atoms with Gasteiger partial charge in [-0.1, -0.05) is 0 Å². The number of ether oxygens (including phenoxy) is 2. The summed E-state index contributed by atoms with van der Waals surface area (Å²) in [4.78, 5) is 36.8. The number of methoxy groups -OCH3 is 1. The van der Waals surface area contributed by atoms with E-state index >= 15 is 0 Å². The van der Waals surface area contributed by atoms with Crippen molar-refractivity contribution in [3.05, 3.63) is 57.6 Å². The second-order valence-electron chi connectivity index (χ2n) is 6.06. The molecule has 10 heteroatoms. The molecular formula is C19H22N4O6. The number of rotatable bonds is 7. The Hall–Kier alpha value is -3.82. The molecule has 0 radical (unpaired) electrons. The topological polar surface area (TPSA) is 123 Å². The minimum atomic E-state index is -0.690. The van der Waals surface area contributed by atoms with Crippen LogP contribution in [0.25, 0.3) is 0 Å². The van der Waals surface area contributed by atoms with Crippen LogP contribution in [0.1, 0.15) is 27.6 Å². The van der Waals surface area contributed by atoms with Gasteiger partial charge >= 0.3 is 0 Å². The van der Waals surface area contributed by atoms with Crippen LogP contribution >= 0.6 is 0 Å². The number of carbonyl (C=O) groups is 2. The summed E-state index contributed by atoms with van der Waals surface area (Å²) in [7, 11) is 4.77. The van der Waals surface area contributed by atoms with Crippen molar-refractivity contribution in [1.82, 2.24) is 10.9 Å². The van der Waals surface area contributed by atoms with Gasteiger partial charge in [0.25, 0.3) is 17.5 Å². The molecule has 0 atom stereocenters. The number of carbonyl (C=O) groups excluding carboxylic acids is 2. The van der Waals surface area contributed by atoms with Gasteiger partial charge in [-0.15, -0.1) is 0 Å².